The summed E-state index contributed by atoms with van der Waals surface area (Å²) >= 11 is 0. The maximum atomic E-state index is 11.1. The molecule has 1 aliphatic carbocycles. The fourth-order valence-corrected chi connectivity index (χ4v) is 1.95. The zero-order valence-corrected chi connectivity index (χ0v) is 8.90. The highest BCUT2D eigenvalue weighted by atomic mass is 16.5. The number of Topliss-reactive ketones (excluding diaryl/α,β-unsaturated/α-hetero) is 1. The first-order chi connectivity index (χ1) is 7.70. The molecule has 0 unspecified atom stereocenters. The van der Waals surface area contributed by atoms with Crippen LogP contribution in [0.1, 0.15) is 18.4 Å². The molecule has 0 spiro atoms. The van der Waals surface area contributed by atoms with E-state index in [2.05, 4.69) is 4.99 Å². The zero-order chi connectivity index (χ0) is 11.6. The molecule has 4 heteroatoms. The van der Waals surface area contributed by atoms with E-state index in [9.17, 15) is 9.59 Å². The van der Waals surface area contributed by atoms with Crippen molar-refractivity contribution < 1.29 is 14.3 Å². The molecule has 0 N–H and O–H groups in total. The van der Waals surface area contributed by atoms with Crippen LogP contribution in [0.2, 0.25) is 0 Å². The molecule has 1 aromatic rings. The van der Waals surface area contributed by atoms with Gasteiger partial charge in [0.25, 0.3) is 0 Å². The van der Waals surface area contributed by atoms with Gasteiger partial charge in [0, 0.05) is 12.8 Å². The van der Waals surface area contributed by atoms with Gasteiger partial charge in [-0.15, -0.1) is 0 Å². The molecular weight excluding hydrogens is 206 g/mol. The second-order valence-corrected chi connectivity index (χ2v) is 3.86. The number of carbonyl (C=O) groups is 1. The molecule has 4 nitrogen and oxygen atoms in total. The monoisotopic (exact) mass is 217 g/mol. The van der Waals surface area contributed by atoms with Crippen molar-refractivity contribution in [2.75, 3.05) is 7.11 Å². The van der Waals surface area contributed by atoms with E-state index in [1.165, 1.54) is 0 Å². The van der Waals surface area contributed by atoms with Gasteiger partial charge in [-0.1, -0.05) is 12.1 Å². The van der Waals surface area contributed by atoms with Crippen molar-refractivity contribution in [2.45, 2.75) is 18.4 Å². The number of nitrogens with zero attached hydrogens (tertiary/aromatic N) is 1. The SMILES string of the molecule is COc1cccc(C2(N=C=O)CC(=O)C2)c1. The number of rotatable bonds is 3. The lowest BCUT2D eigenvalue weighted by Crippen LogP contribution is -2.39. The van der Waals surface area contributed by atoms with E-state index in [1.54, 1.807) is 19.3 Å². The summed E-state index contributed by atoms with van der Waals surface area (Å²) in [7, 11) is 1.57. The van der Waals surface area contributed by atoms with Crippen LogP contribution >= 0.6 is 0 Å². The van der Waals surface area contributed by atoms with E-state index in [1.807, 2.05) is 18.2 Å². The number of benzene rings is 1. The summed E-state index contributed by atoms with van der Waals surface area (Å²) in [5, 5.41) is 0. The normalized spacial score (nSPS) is 17.2. The average Bonchev–Trinajstić information content (AvgIpc) is 2.27. The van der Waals surface area contributed by atoms with Gasteiger partial charge in [-0.2, -0.15) is 4.99 Å². The lowest BCUT2D eigenvalue weighted by Gasteiger charge is -2.35. The Morgan fingerprint density at radius 1 is 1.44 bits per heavy atom. The quantitative estimate of drug-likeness (QED) is 0.570. The molecule has 0 saturated heterocycles. The Bertz CT molecular complexity index is 467. The smallest absolute Gasteiger partial charge is 0.235 e. The maximum absolute atomic E-state index is 11.1. The van der Waals surface area contributed by atoms with Crippen molar-refractivity contribution in [3.05, 3.63) is 29.8 Å². The Morgan fingerprint density at radius 3 is 2.75 bits per heavy atom. The largest absolute Gasteiger partial charge is 0.497 e. The van der Waals surface area contributed by atoms with Gasteiger partial charge in [-0.05, 0) is 17.7 Å². The predicted octanol–water partition coefficient (Wildman–Crippen LogP) is 1.59. The molecule has 0 aliphatic heterocycles. The number of ether oxygens (including phenoxy) is 1. The van der Waals surface area contributed by atoms with Crippen molar-refractivity contribution in [3.8, 4) is 5.75 Å². The standard InChI is InChI=1S/C12H11NO3/c1-16-11-4-2-3-9(5-11)12(13-8-14)6-10(15)7-12/h2-5H,6-7H2,1H3. The van der Waals surface area contributed by atoms with Gasteiger partial charge in [0.15, 0.2) is 0 Å². The Labute approximate surface area is 92.9 Å². The summed E-state index contributed by atoms with van der Waals surface area (Å²) in [5.74, 6) is 0.805. The van der Waals surface area contributed by atoms with Crippen LogP contribution < -0.4 is 4.74 Å². The first kappa shape index (κ1) is 10.6. The van der Waals surface area contributed by atoms with Crippen LogP contribution in [0.3, 0.4) is 0 Å². The molecular formula is C12H11NO3. The van der Waals surface area contributed by atoms with Crippen LogP contribution in [0.4, 0.5) is 0 Å². The van der Waals surface area contributed by atoms with E-state index in [0.29, 0.717) is 5.75 Å². The highest BCUT2D eigenvalue weighted by Gasteiger charge is 2.45. The molecule has 0 amide bonds. The number of hydrogen-bond acceptors (Lipinski definition) is 4. The Morgan fingerprint density at radius 2 is 2.19 bits per heavy atom. The lowest BCUT2D eigenvalue weighted by molar-refractivity contribution is -0.128. The highest BCUT2D eigenvalue weighted by Crippen LogP contribution is 2.43. The summed E-state index contributed by atoms with van der Waals surface area (Å²) in [5.41, 5.74) is 0.128. The van der Waals surface area contributed by atoms with Gasteiger partial charge >= 0.3 is 0 Å². The van der Waals surface area contributed by atoms with E-state index in [0.717, 1.165) is 5.56 Å². The van der Waals surface area contributed by atoms with Gasteiger partial charge in [-0.25, -0.2) is 4.79 Å². The topological polar surface area (TPSA) is 55.7 Å². The van der Waals surface area contributed by atoms with E-state index in [4.69, 9.17) is 4.74 Å². The molecule has 0 bridgehead atoms. The van der Waals surface area contributed by atoms with Crippen molar-refractivity contribution in [1.29, 1.82) is 0 Å². The zero-order valence-electron chi connectivity index (χ0n) is 8.90. The first-order valence-electron chi connectivity index (χ1n) is 4.95. The third-order valence-electron chi connectivity index (χ3n) is 2.85. The summed E-state index contributed by atoms with van der Waals surface area (Å²) in [4.78, 5) is 25.3. The van der Waals surface area contributed by atoms with Gasteiger partial charge in [0.1, 0.15) is 17.1 Å². The second-order valence-electron chi connectivity index (χ2n) is 3.86. The minimum Gasteiger partial charge on any atom is -0.497 e. The molecule has 0 atom stereocenters. The number of ketones is 1. The van der Waals surface area contributed by atoms with Gasteiger partial charge in [-0.3, -0.25) is 4.79 Å². The van der Waals surface area contributed by atoms with E-state index < -0.39 is 5.54 Å². The van der Waals surface area contributed by atoms with Crippen molar-refractivity contribution in [1.82, 2.24) is 0 Å². The Hall–Kier alpha value is -1.93. The maximum Gasteiger partial charge on any atom is 0.235 e. The number of carbonyl (C=O) groups excluding carboxylic acids is 2. The van der Waals surface area contributed by atoms with Crippen molar-refractivity contribution in [2.24, 2.45) is 4.99 Å². The first-order valence-corrected chi connectivity index (χ1v) is 4.95. The molecule has 0 heterocycles. The third kappa shape index (κ3) is 1.64. The van der Waals surface area contributed by atoms with Crippen molar-refractivity contribution >= 4 is 11.9 Å². The molecule has 82 valence electrons. The van der Waals surface area contributed by atoms with Crippen molar-refractivity contribution in [3.63, 3.8) is 0 Å². The molecule has 0 aromatic heterocycles. The van der Waals surface area contributed by atoms with Crippen LogP contribution in [-0.4, -0.2) is 19.0 Å². The fourth-order valence-electron chi connectivity index (χ4n) is 1.95. The molecule has 1 aromatic carbocycles. The highest BCUT2D eigenvalue weighted by molar-refractivity contribution is 5.88. The second kappa shape index (κ2) is 3.91. The Kier molecular flexibility index (Phi) is 2.59. The number of aliphatic imine (C=N–C) groups is 1. The van der Waals surface area contributed by atoms with Gasteiger partial charge in [0.2, 0.25) is 6.08 Å². The molecule has 1 fully saturated rings. The molecule has 2 rings (SSSR count). The van der Waals surface area contributed by atoms with Crippen LogP contribution in [0.5, 0.6) is 5.75 Å². The van der Waals surface area contributed by atoms with Crippen LogP contribution in [-0.2, 0) is 15.1 Å². The van der Waals surface area contributed by atoms with E-state index in [-0.39, 0.29) is 18.6 Å². The molecule has 1 saturated carbocycles. The van der Waals surface area contributed by atoms with E-state index >= 15 is 0 Å². The molecule has 0 radical (unpaired) electrons. The molecule has 16 heavy (non-hydrogen) atoms. The summed E-state index contributed by atoms with van der Waals surface area (Å²) in [6.07, 6.45) is 2.10. The predicted molar refractivity (Wildman–Crippen MR) is 57.0 cm³/mol. The minimum atomic E-state index is -0.701. The van der Waals surface area contributed by atoms with Crippen LogP contribution in [0, 0.1) is 0 Å². The number of isocyanates is 1. The summed E-state index contributed by atoms with van der Waals surface area (Å²) < 4.78 is 5.10. The average molecular weight is 217 g/mol. The number of hydrogen-bond donors (Lipinski definition) is 0. The number of methoxy groups -OCH3 is 1. The van der Waals surface area contributed by atoms with Crippen LogP contribution in [0.25, 0.3) is 0 Å². The minimum absolute atomic E-state index is 0.113. The van der Waals surface area contributed by atoms with Gasteiger partial charge < -0.3 is 4.74 Å². The molecule has 1 aliphatic rings. The third-order valence-corrected chi connectivity index (χ3v) is 2.85. The van der Waals surface area contributed by atoms with Gasteiger partial charge in [0.05, 0.1) is 7.11 Å². The Balaban J connectivity index is 2.40. The van der Waals surface area contributed by atoms with Crippen LogP contribution in [0.15, 0.2) is 29.3 Å². The summed E-state index contributed by atoms with van der Waals surface area (Å²) in [6, 6.07) is 7.27. The fraction of sp³-hybridized carbons (Fsp3) is 0.333. The lowest BCUT2D eigenvalue weighted by atomic mass is 9.71. The summed E-state index contributed by atoms with van der Waals surface area (Å²) in [6.45, 7) is 0.